The molecule has 2 aromatic carbocycles. The molecule has 2 atom stereocenters. The van der Waals surface area contributed by atoms with Crippen LogP contribution >= 0.6 is 0 Å². The smallest absolute Gasteiger partial charge is 0.227 e. The van der Waals surface area contributed by atoms with Crippen LogP contribution in [0.1, 0.15) is 41.9 Å². The maximum atomic E-state index is 12.9. The minimum absolute atomic E-state index is 0.0353. The van der Waals surface area contributed by atoms with Gasteiger partial charge < -0.3 is 5.32 Å². The molecule has 1 saturated heterocycles. The second kappa shape index (κ2) is 7.40. The van der Waals surface area contributed by atoms with E-state index in [1.165, 1.54) is 16.7 Å². The zero-order valence-corrected chi connectivity index (χ0v) is 14.7. The molecule has 0 bridgehead atoms. The van der Waals surface area contributed by atoms with E-state index in [-0.39, 0.29) is 17.9 Å². The van der Waals surface area contributed by atoms with Crippen LogP contribution in [0.25, 0.3) is 0 Å². The van der Waals surface area contributed by atoms with E-state index in [0.29, 0.717) is 0 Å². The lowest BCUT2D eigenvalue weighted by Crippen LogP contribution is -2.40. The Morgan fingerprint density at radius 1 is 1.04 bits per heavy atom. The Morgan fingerprint density at radius 3 is 2.72 bits per heavy atom. The van der Waals surface area contributed by atoms with E-state index in [1.54, 1.807) is 0 Å². The van der Waals surface area contributed by atoms with Crippen LogP contribution in [-0.4, -0.2) is 29.9 Å². The summed E-state index contributed by atoms with van der Waals surface area (Å²) >= 11 is 0. The predicted molar refractivity (Wildman–Crippen MR) is 100 cm³/mol. The molecule has 25 heavy (non-hydrogen) atoms. The standard InChI is InChI=1S/C22H26N2O/c25-22(21-12-6-10-18-9-4-5-11-20(18)21)23-19-13-14-24(16-19)15-17-7-2-1-3-8-17/h1-5,7-9,11,19,21H,6,10,12-16H2,(H,23,25)/t19-,21-/m0/s1. The molecule has 2 aliphatic rings. The highest BCUT2D eigenvalue weighted by molar-refractivity contribution is 5.84. The summed E-state index contributed by atoms with van der Waals surface area (Å²) in [6.07, 6.45) is 4.24. The molecule has 0 radical (unpaired) electrons. The van der Waals surface area contributed by atoms with Crippen LogP contribution in [0.2, 0.25) is 0 Å². The van der Waals surface area contributed by atoms with Gasteiger partial charge in [0.1, 0.15) is 0 Å². The summed E-state index contributed by atoms with van der Waals surface area (Å²) in [6, 6.07) is 19.3. The Morgan fingerprint density at radius 2 is 1.84 bits per heavy atom. The third-order valence-corrected chi connectivity index (χ3v) is 5.55. The number of rotatable bonds is 4. The zero-order valence-electron chi connectivity index (χ0n) is 14.7. The third-order valence-electron chi connectivity index (χ3n) is 5.55. The van der Waals surface area contributed by atoms with Gasteiger partial charge in [-0.05, 0) is 42.4 Å². The van der Waals surface area contributed by atoms with Gasteiger partial charge in [-0.15, -0.1) is 0 Å². The molecule has 1 N–H and O–H groups in total. The number of carbonyl (C=O) groups is 1. The van der Waals surface area contributed by atoms with Crippen molar-refractivity contribution >= 4 is 5.91 Å². The molecule has 0 spiro atoms. The van der Waals surface area contributed by atoms with Crippen molar-refractivity contribution in [1.29, 1.82) is 0 Å². The lowest BCUT2D eigenvalue weighted by Gasteiger charge is -2.26. The number of hydrogen-bond donors (Lipinski definition) is 1. The predicted octanol–water partition coefficient (Wildman–Crippen LogP) is 3.50. The fourth-order valence-electron chi connectivity index (χ4n) is 4.26. The van der Waals surface area contributed by atoms with Gasteiger partial charge in [-0.25, -0.2) is 0 Å². The van der Waals surface area contributed by atoms with Crippen LogP contribution in [0.4, 0.5) is 0 Å². The zero-order chi connectivity index (χ0) is 17.1. The van der Waals surface area contributed by atoms with Gasteiger partial charge in [-0.2, -0.15) is 0 Å². The van der Waals surface area contributed by atoms with E-state index < -0.39 is 0 Å². The lowest BCUT2D eigenvalue weighted by molar-refractivity contribution is -0.123. The highest BCUT2D eigenvalue weighted by atomic mass is 16.2. The average Bonchev–Trinajstić information content (AvgIpc) is 3.09. The van der Waals surface area contributed by atoms with Crippen molar-refractivity contribution in [3.8, 4) is 0 Å². The summed E-state index contributed by atoms with van der Waals surface area (Å²) in [5.74, 6) is 0.256. The SMILES string of the molecule is O=C(N[C@H]1CCN(Cc2ccccc2)C1)[C@H]1CCCc2ccccc21. The van der Waals surface area contributed by atoms with Gasteiger partial charge >= 0.3 is 0 Å². The first-order valence-corrected chi connectivity index (χ1v) is 9.44. The largest absolute Gasteiger partial charge is 0.352 e. The Bertz CT molecular complexity index is 728. The molecule has 0 saturated carbocycles. The van der Waals surface area contributed by atoms with Crippen LogP contribution in [0.15, 0.2) is 54.6 Å². The molecule has 1 heterocycles. The van der Waals surface area contributed by atoms with Gasteiger partial charge in [0, 0.05) is 25.7 Å². The fourth-order valence-corrected chi connectivity index (χ4v) is 4.26. The summed E-state index contributed by atoms with van der Waals surface area (Å²) in [7, 11) is 0. The van der Waals surface area contributed by atoms with Gasteiger partial charge in [0.15, 0.2) is 0 Å². The summed E-state index contributed by atoms with van der Waals surface area (Å²) in [5, 5.41) is 3.32. The Kier molecular flexibility index (Phi) is 4.84. The van der Waals surface area contributed by atoms with E-state index in [0.717, 1.165) is 45.3 Å². The maximum absolute atomic E-state index is 12.9. The minimum Gasteiger partial charge on any atom is -0.352 e. The second-order valence-electron chi connectivity index (χ2n) is 7.36. The molecule has 3 heteroatoms. The van der Waals surface area contributed by atoms with Gasteiger partial charge in [-0.1, -0.05) is 54.6 Å². The van der Waals surface area contributed by atoms with Gasteiger partial charge in [0.25, 0.3) is 0 Å². The summed E-state index contributed by atoms with van der Waals surface area (Å²) in [5.41, 5.74) is 3.94. The quantitative estimate of drug-likeness (QED) is 0.928. The molecule has 1 aliphatic heterocycles. The van der Waals surface area contributed by atoms with Gasteiger partial charge in [0.2, 0.25) is 5.91 Å². The molecular weight excluding hydrogens is 308 g/mol. The van der Waals surface area contributed by atoms with E-state index in [2.05, 4.69) is 64.8 Å². The number of carbonyl (C=O) groups excluding carboxylic acids is 1. The van der Waals surface area contributed by atoms with E-state index in [1.807, 2.05) is 0 Å². The fraction of sp³-hybridized carbons (Fsp3) is 0.409. The van der Waals surface area contributed by atoms with Crippen LogP contribution in [0.3, 0.4) is 0 Å². The Balaban J connectivity index is 1.35. The molecule has 4 rings (SSSR count). The topological polar surface area (TPSA) is 32.3 Å². The molecule has 2 aromatic rings. The number of nitrogens with zero attached hydrogens (tertiary/aromatic N) is 1. The number of hydrogen-bond acceptors (Lipinski definition) is 2. The van der Waals surface area contributed by atoms with Crippen LogP contribution in [0, 0.1) is 0 Å². The molecule has 1 amide bonds. The number of benzene rings is 2. The van der Waals surface area contributed by atoms with Crippen molar-refractivity contribution in [3.63, 3.8) is 0 Å². The van der Waals surface area contributed by atoms with Crippen LogP contribution < -0.4 is 5.32 Å². The van der Waals surface area contributed by atoms with Gasteiger partial charge in [0.05, 0.1) is 5.92 Å². The molecule has 0 unspecified atom stereocenters. The second-order valence-corrected chi connectivity index (χ2v) is 7.36. The molecule has 1 fully saturated rings. The van der Waals surface area contributed by atoms with Gasteiger partial charge in [-0.3, -0.25) is 9.69 Å². The number of nitrogens with one attached hydrogen (secondary N) is 1. The van der Waals surface area contributed by atoms with Crippen molar-refractivity contribution in [1.82, 2.24) is 10.2 Å². The molecule has 1 aliphatic carbocycles. The van der Waals surface area contributed by atoms with Crippen molar-refractivity contribution in [2.24, 2.45) is 0 Å². The maximum Gasteiger partial charge on any atom is 0.227 e. The Hall–Kier alpha value is -2.13. The molecule has 0 aromatic heterocycles. The number of amides is 1. The monoisotopic (exact) mass is 334 g/mol. The first kappa shape index (κ1) is 16.3. The summed E-state index contributed by atoms with van der Waals surface area (Å²) in [4.78, 5) is 15.3. The van der Waals surface area contributed by atoms with Crippen molar-refractivity contribution in [2.45, 2.75) is 44.2 Å². The molecule has 130 valence electrons. The van der Waals surface area contributed by atoms with Crippen molar-refractivity contribution < 1.29 is 4.79 Å². The van der Waals surface area contributed by atoms with E-state index in [9.17, 15) is 4.79 Å². The number of fused-ring (bicyclic) bond motifs is 1. The summed E-state index contributed by atoms with van der Waals surface area (Å²) in [6.45, 7) is 2.98. The highest BCUT2D eigenvalue weighted by Gasteiger charge is 2.30. The van der Waals surface area contributed by atoms with Crippen LogP contribution in [-0.2, 0) is 17.8 Å². The minimum atomic E-state index is 0.0353. The Labute approximate surface area is 150 Å². The van der Waals surface area contributed by atoms with Crippen LogP contribution in [0.5, 0.6) is 0 Å². The third kappa shape index (κ3) is 3.77. The van der Waals surface area contributed by atoms with E-state index >= 15 is 0 Å². The molecular formula is C22H26N2O. The first-order valence-electron chi connectivity index (χ1n) is 9.44. The average molecular weight is 334 g/mol. The van der Waals surface area contributed by atoms with Crippen molar-refractivity contribution in [3.05, 3.63) is 71.3 Å². The number of likely N-dealkylation sites (tertiary alicyclic amines) is 1. The first-order chi connectivity index (χ1) is 12.3. The normalized spacial score (nSPS) is 23.2. The lowest BCUT2D eigenvalue weighted by atomic mass is 9.82. The summed E-state index contributed by atoms with van der Waals surface area (Å²) < 4.78 is 0. The molecule has 3 nitrogen and oxygen atoms in total. The van der Waals surface area contributed by atoms with Crippen molar-refractivity contribution in [2.75, 3.05) is 13.1 Å². The number of aryl methyl sites for hydroxylation is 1. The highest BCUT2D eigenvalue weighted by Crippen LogP contribution is 2.31. The van der Waals surface area contributed by atoms with E-state index in [4.69, 9.17) is 0 Å².